The predicted octanol–water partition coefficient (Wildman–Crippen LogP) is 5.77. The number of phenols is 2. The second kappa shape index (κ2) is 15.5. The average Bonchev–Trinajstić information content (AvgIpc) is 3.30. The van der Waals surface area contributed by atoms with E-state index in [-0.39, 0.29) is 23.4 Å². The number of amides is 1. The summed E-state index contributed by atoms with van der Waals surface area (Å²) in [5.41, 5.74) is 0.369. The number of fused-ring (bicyclic) bond motifs is 1. The third-order valence-electron chi connectivity index (χ3n) is 8.21. The molecule has 1 aliphatic carbocycles. The first-order valence-electron chi connectivity index (χ1n) is 14.6. The summed E-state index contributed by atoms with van der Waals surface area (Å²) in [7, 11) is 0. The summed E-state index contributed by atoms with van der Waals surface area (Å²) < 4.78 is 0. The molecule has 6 nitrogen and oxygen atoms in total. The maximum atomic E-state index is 11.6. The minimum absolute atomic E-state index is 0.0735. The van der Waals surface area contributed by atoms with E-state index in [1.165, 1.54) is 19.3 Å². The van der Waals surface area contributed by atoms with Crippen molar-refractivity contribution in [1.82, 2.24) is 10.2 Å². The van der Waals surface area contributed by atoms with Crippen LogP contribution < -0.4 is 5.32 Å². The third-order valence-corrected chi connectivity index (χ3v) is 8.21. The number of aliphatic hydroxyl groups is 1. The second-order valence-electron chi connectivity index (χ2n) is 10.6. The molecule has 3 aliphatic rings. The number of unbranched alkanes of at least 4 members (excludes halogenated alkanes) is 2. The molecule has 3 fully saturated rings. The van der Waals surface area contributed by atoms with Gasteiger partial charge in [0.15, 0.2) is 11.5 Å². The predicted molar refractivity (Wildman–Crippen MR) is 147 cm³/mol. The Hall–Kier alpha value is -1.79. The first kappa shape index (κ1) is 30.4. The molecule has 4 unspecified atom stereocenters. The van der Waals surface area contributed by atoms with E-state index in [1.54, 1.807) is 12.1 Å². The van der Waals surface area contributed by atoms with Crippen molar-refractivity contribution in [3.63, 3.8) is 0 Å². The van der Waals surface area contributed by atoms with Gasteiger partial charge in [0.05, 0.1) is 5.60 Å². The van der Waals surface area contributed by atoms with Crippen LogP contribution in [0.2, 0.25) is 0 Å². The van der Waals surface area contributed by atoms with Crippen LogP contribution in [0.1, 0.15) is 104 Å². The van der Waals surface area contributed by atoms with Gasteiger partial charge in [-0.2, -0.15) is 0 Å². The zero-order valence-electron chi connectivity index (χ0n) is 23.3. The first-order valence-corrected chi connectivity index (χ1v) is 14.6. The number of hydrogen-bond acceptors (Lipinski definition) is 5. The Kier molecular flexibility index (Phi) is 13.1. The highest BCUT2D eigenvalue weighted by Crippen LogP contribution is 2.44. The highest BCUT2D eigenvalue weighted by atomic mass is 16.3. The Morgan fingerprint density at radius 1 is 1.03 bits per heavy atom. The number of piperidine rings is 1. The van der Waals surface area contributed by atoms with Gasteiger partial charge < -0.3 is 20.6 Å². The van der Waals surface area contributed by atoms with Crippen molar-refractivity contribution in [2.75, 3.05) is 19.6 Å². The van der Waals surface area contributed by atoms with E-state index in [1.807, 2.05) is 19.9 Å². The number of carbonyl (C=O) groups is 1. The standard InChI is InChI=1S/C20H31NO3.C8H15NO.C2H6/c1-2-3-11-21-12-9-16-6-4-5-10-20(16,24)19(21)14-15-7-8-17(22)18(23)13-15;1-2-3-4-7-5-6-9-8(7)10;1-2/h7-8,13,16,19,22-24H,2-6,9-12,14H2,1H3;7H,2-6H2,1H3,(H,9,10);1-2H3. The Balaban J connectivity index is 0.000000318. The van der Waals surface area contributed by atoms with Gasteiger partial charge in [0, 0.05) is 18.5 Å². The number of carbonyl (C=O) groups excluding carboxylic acids is 1. The molecule has 1 aromatic carbocycles. The molecule has 4 N–H and O–H groups in total. The summed E-state index contributed by atoms with van der Waals surface area (Å²) in [6, 6.07) is 5.16. The Morgan fingerprint density at radius 3 is 2.42 bits per heavy atom. The van der Waals surface area contributed by atoms with E-state index in [9.17, 15) is 20.1 Å². The number of aromatic hydroxyl groups is 2. The van der Waals surface area contributed by atoms with Crippen LogP contribution in [0.15, 0.2) is 18.2 Å². The maximum absolute atomic E-state index is 11.6. The lowest BCUT2D eigenvalue weighted by molar-refractivity contribution is -0.140. The molecule has 2 heterocycles. The SMILES string of the molecule is CC.CCCCC1CCNC1=O.CCCCN1CCC2CCCCC2(O)C1Cc1ccc(O)c(O)c1. The van der Waals surface area contributed by atoms with Crippen molar-refractivity contribution >= 4 is 5.91 Å². The van der Waals surface area contributed by atoms with Gasteiger partial charge in [0.2, 0.25) is 5.91 Å². The van der Waals surface area contributed by atoms with Crippen molar-refractivity contribution < 1.29 is 20.1 Å². The minimum Gasteiger partial charge on any atom is -0.504 e. The molecule has 0 spiro atoms. The van der Waals surface area contributed by atoms with Crippen LogP contribution in [-0.4, -0.2) is 57.4 Å². The van der Waals surface area contributed by atoms with E-state index < -0.39 is 5.60 Å². The second-order valence-corrected chi connectivity index (χ2v) is 10.6. The van der Waals surface area contributed by atoms with Crippen molar-refractivity contribution in [1.29, 1.82) is 0 Å². The zero-order valence-corrected chi connectivity index (χ0v) is 23.3. The fraction of sp³-hybridized carbons (Fsp3) is 0.767. The van der Waals surface area contributed by atoms with E-state index in [4.69, 9.17) is 0 Å². The number of likely N-dealkylation sites (tertiary alicyclic amines) is 1. The van der Waals surface area contributed by atoms with E-state index >= 15 is 0 Å². The number of benzene rings is 1. The molecule has 4 atom stereocenters. The quantitative estimate of drug-likeness (QED) is 0.337. The summed E-state index contributed by atoms with van der Waals surface area (Å²) >= 11 is 0. The van der Waals surface area contributed by atoms with Gasteiger partial charge >= 0.3 is 0 Å². The number of phenolic OH excluding ortho intramolecular Hbond substituents is 2. The fourth-order valence-corrected chi connectivity index (χ4v) is 6.10. The lowest BCUT2D eigenvalue weighted by Gasteiger charge is -2.54. The topological polar surface area (TPSA) is 93.0 Å². The summed E-state index contributed by atoms with van der Waals surface area (Å²) in [6.45, 7) is 11.3. The van der Waals surface area contributed by atoms with Crippen LogP contribution in [-0.2, 0) is 11.2 Å². The van der Waals surface area contributed by atoms with Crippen LogP contribution in [0.4, 0.5) is 0 Å². The number of nitrogens with zero attached hydrogens (tertiary/aromatic N) is 1. The molecule has 2 aliphatic heterocycles. The van der Waals surface area contributed by atoms with Gasteiger partial charge in [0.25, 0.3) is 0 Å². The molecule has 36 heavy (non-hydrogen) atoms. The first-order chi connectivity index (χ1) is 17.4. The molecule has 4 rings (SSSR count). The van der Waals surface area contributed by atoms with Gasteiger partial charge in [-0.3, -0.25) is 9.69 Å². The minimum atomic E-state index is -0.613. The highest BCUT2D eigenvalue weighted by molar-refractivity contribution is 5.80. The monoisotopic (exact) mass is 504 g/mol. The lowest BCUT2D eigenvalue weighted by atomic mass is 9.66. The molecule has 2 saturated heterocycles. The molecule has 0 radical (unpaired) electrons. The molecule has 1 saturated carbocycles. The van der Waals surface area contributed by atoms with E-state index in [0.717, 1.165) is 83.0 Å². The largest absolute Gasteiger partial charge is 0.504 e. The summed E-state index contributed by atoms with van der Waals surface area (Å²) in [5.74, 6) is 0.850. The third kappa shape index (κ3) is 8.11. The maximum Gasteiger partial charge on any atom is 0.223 e. The molecule has 206 valence electrons. The molecule has 1 aromatic rings. The molecule has 0 aromatic heterocycles. The van der Waals surface area contributed by atoms with Gasteiger partial charge in [0.1, 0.15) is 0 Å². The van der Waals surface area contributed by atoms with Crippen molar-refractivity contribution in [3.8, 4) is 11.5 Å². The van der Waals surface area contributed by atoms with Crippen LogP contribution in [0.5, 0.6) is 11.5 Å². The Bertz CT molecular complexity index is 786. The summed E-state index contributed by atoms with van der Waals surface area (Å²) in [4.78, 5) is 13.4. The normalized spacial score (nSPS) is 27.7. The number of nitrogens with one attached hydrogen (secondary N) is 1. The van der Waals surface area contributed by atoms with Crippen molar-refractivity contribution in [2.24, 2.45) is 11.8 Å². The van der Waals surface area contributed by atoms with Crippen molar-refractivity contribution in [3.05, 3.63) is 23.8 Å². The van der Waals surface area contributed by atoms with Crippen LogP contribution in [0.25, 0.3) is 0 Å². The molecular formula is C30H52N2O4. The number of rotatable bonds is 8. The van der Waals surface area contributed by atoms with Gasteiger partial charge in [-0.25, -0.2) is 0 Å². The smallest absolute Gasteiger partial charge is 0.223 e. The fourth-order valence-electron chi connectivity index (χ4n) is 6.10. The number of hydrogen-bond donors (Lipinski definition) is 4. The zero-order chi connectivity index (χ0) is 26.6. The molecular weight excluding hydrogens is 452 g/mol. The van der Waals surface area contributed by atoms with Gasteiger partial charge in [-0.15, -0.1) is 0 Å². The van der Waals surface area contributed by atoms with Crippen LogP contribution >= 0.6 is 0 Å². The van der Waals surface area contributed by atoms with Gasteiger partial charge in [-0.1, -0.05) is 65.9 Å². The Morgan fingerprint density at radius 2 is 1.78 bits per heavy atom. The molecule has 0 bridgehead atoms. The van der Waals surface area contributed by atoms with Gasteiger partial charge in [-0.05, 0) is 81.6 Å². The summed E-state index contributed by atoms with van der Waals surface area (Å²) in [5, 5.41) is 33.7. The average molecular weight is 505 g/mol. The highest BCUT2D eigenvalue weighted by Gasteiger charge is 2.50. The van der Waals surface area contributed by atoms with Crippen LogP contribution in [0.3, 0.4) is 0 Å². The van der Waals surface area contributed by atoms with E-state index in [0.29, 0.717) is 11.8 Å². The Labute approximate surface area is 219 Å². The molecule has 6 heteroatoms. The van der Waals surface area contributed by atoms with Crippen molar-refractivity contribution in [2.45, 2.75) is 116 Å². The lowest BCUT2D eigenvalue weighted by Crippen LogP contribution is -2.63. The molecule has 1 amide bonds. The van der Waals surface area contributed by atoms with Crippen LogP contribution in [0, 0.1) is 11.8 Å². The van der Waals surface area contributed by atoms with E-state index in [2.05, 4.69) is 24.1 Å². The summed E-state index contributed by atoms with van der Waals surface area (Å²) in [6.07, 6.45) is 13.0.